The first-order valence-electron chi connectivity index (χ1n) is 6.86. The molecule has 1 aromatic heterocycles. The van der Waals surface area contributed by atoms with Crippen molar-refractivity contribution in [2.45, 2.75) is 45.6 Å². The zero-order valence-electron chi connectivity index (χ0n) is 11.9. The van der Waals surface area contributed by atoms with Gasteiger partial charge in [-0.05, 0) is 25.7 Å². The smallest absolute Gasteiger partial charge is 0.134 e. The topological polar surface area (TPSA) is 41.0 Å². The molecule has 1 N–H and O–H groups in total. The lowest BCUT2D eigenvalue weighted by molar-refractivity contribution is 0.335. The minimum absolute atomic E-state index is 0.618. The highest BCUT2D eigenvalue weighted by molar-refractivity contribution is 5.49. The number of hydrogen-bond donors (Lipinski definition) is 1. The van der Waals surface area contributed by atoms with Gasteiger partial charge in [0.2, 0.25) is 0 Å². The first-order chi connectivity index (χ1) is 8.60. The lowest BCUT2D eigenvalue weighted by Crippen LogP contribution is -2.36. The van der Waals surface area contributed by atoms with Gasteiger partial charge in [-0.1, -0.05) is 19.8 Å². The summed E-state index contributed by atoms with van der Waals surface area (Å²) in [4.78, 5) is 11.2. The number of hydrogen-bond acceptors (Lipinski definition) is 4. The summed E-state index contributed by atoms with van der Waals surface area (Å²) in [5.41, 5.74) is 0. The minimum Gasteiger partial charge on any atom is -0.373 e. The van der Waals surface area contributed by atoms with Crippen molar-refractivity contribution >= 4 is 11.6 Å². The molecule has 1 fully saturated rings. The van der Waals surface area contributed by atoms with E-state index in [1.54, 1.807) is 0 Å². The summed E-state index contributed by atoms with van der Waals surface area (Å²) < 4.78 is 0. The van der Waals surface area contributed by atoms with Crippen molar-refractivity contribution in [3.05, 3.63) is 11.9 Å². The van der Waals surface area contributed by atoms with E-state index >= 15 is 0 Å². The maximum atomic E-state index is 4.56. The third-order valence-corrected chi connectivity index (χ3v) is 3.90. The van der Waals surface area contributed by atoms with Crippen LogP contribution < -0.4 is 10.2 Å². The fourth-order valence-electron chi connectivity index (χ4n) is 2.80. The SMILES string of the molecule is CNc1cc(N(C)C2CCCC(C)C2)nc(C)n1. The van der Waals surface area contributed by atoms with Gasteiger partial charge < -0.3 is 10.2 Å². The summed E-state index contributed by atoms with van der Waals surface area (Å²) >= 11 is 0. The molecule has 1 heterocycles. The van der Waals surface area contributed by atoms with Crippen molar-refractivity contribution in [2.24, 2.45) is 5.92 Å². The molecular weight excluding hydrogens is 224 g/mol. The summed E-state index contributed by atoms with van der Waals surface area (Å²) in [6, 6.07) is 2.65. The first kappa shape index (κ1) is 13.1. The Morgan fingerprint density at radius 1 is 1.33 bits per heavy atom. The van der Waals surface area contributed by atoms with Crippen LogP contribution in [0.25, 0.3) is 0 Å². The second-order valence-corrected chi connectivity index (χ2v) is 5.45. The van der Waals surface area contributed by atoms with Gasteiger partial charge in [0, 0.05) is 26.2 Å². The lowest BCUT2D eigenvalue weighted by atomic mass is 9.86. The molecule has 1 aliphatic rings. The van der Waals surface area contributed by atoms with E-state index in [0.29, 0.717) is 6.04 Å². The number of rotatable bonds is 3. The Morgan fingerprint density at radius 3 is 2.78 bits per heavy atom. The van der Waals surface area contributed by atoms with Gasteiger partial charge in [-0.15, -0.1) is 0 Å². The molecule has 4 heteroatoms. The normalized spacial score (nSPS) is 23.8. The Bertz CT molecular complexity index is 405. The van der Waals surface area contributed by atoms with E-state index in [4.69, 9.17) is 0 Å². The van der Waals surface area contributed by atoms with E-state index in [1.807, 2.05) is 20.0 Å². The molecule has 2 unspecified atom stereocenters. The molecule has 100 valence electrons. The van der Waals surface area contributed by atoms with E-state index in [9.17, 15) is 0 Å². The van der Waals surface area contributed by atoms with Crippen molar-refractivity contribution in [3.63, 3.8) is 0 Å². The largest absolute Gasteiger partial charge is 0.373 e. The van der Waals surface area contributed by atoms with Crippen molar-refractivity contribution in [2.75, 3.05) is 24.3 Å². The number of aryl methyl sites for hydroxylation is 1. The van der Waals surface area contributed by atoms with Crippen LogP contribution in [0.15, 0.2) is 6.07 Å². The molecule has 0 amide bonds. The molecule has 0 aliphatic heterocycles. The predicted octanol–water partition coefficient (Wildman–Crippen LogP) is 2.84. The van der Waals surface area contributed by atoms with Gasteiger partial charge in [-0.3, -0.25) is 0 Å². The Balaban J connectivity index is 2.16. The summed E-state index contributed by atoms with van der Waals surface area (Å²) in [7, 11) is 4.05. The Morgan fingerprint density at radius 2 is 2.11 bits per heavy atom. The zero-order chi connectivity index (χ0) is 13.1. The molecule has 1 saturated carbocycles. The van der Waals surface area contributed by atoms with Crippen molar-refractivity contribution in [3.8, 4) is 0 Å². The summed E-state index contributed by atoms with van der Waals surface area (Å²) in [5, 5.41) is 3.10. The Labute approximate surface area is 110 Å². The third-order valence-electron chi connectivity index (χ3n) is 3.90. The molecule has 2 atom stereocenters. The monoisotopic (exact) mass is 248 g/mol. The van der Waals surface area contributed by atoms with Crippen molar-refractivity contribution < 1.29 is 0 Å². The van der Waals surface area contributed by atoms with E-state index in [-0.39, 0.29) is 0 Å². The summed E-state index contributed by atoms with van der Waals surface area (Å²) in [6.45, 7) is 4.30. The van der Waals surface area contributed by atoms with Crippen LogP contribution in [0.2, 0.25) is 0 Å². The quantitative estimate of drug-likeness (QED) is 0.893. The Kier molecular flexibility index (Phi) is 4.04. The van der Waals surface area contributed by atoms with E-state index in [1.165, 1.54) is 25.7 Å². The van der Waals surface area contributed by atoms with Crippen LogP contribution in [0, 0.1) is 12.8 Å². The average Bonchev–Trinajstić information content (AvgIpc) is 2.37. The highest BCUT2D eigenvalue weighted by atomic mass is 15.2. The van der Waals surface area contributed by atoms with Crippen molar-refractivity contribution in [1.82, 2.24) is 9.97 Å². The van der Waals surface area contributed by atoms with Crippen molar-refractivity contribution in [1.29, 1.82) is 0 Å². The number of anilines is 2. The molecule has 2 rings (SSSR count). The van der Waals surface area contributed by atoms with Crippen LogP contribution in [0.5, 0.6) is 0 Å². The van der Waals surface area contributed by atoms with Crippen LogP contribution in [0.4, 0.5) is 11.6 Å². The molecule has 0 aromatic carbocycles. The van der Waals surface area contributed by atoms with Crippen LogP contribution in [-0.4, -0.2) is 30.1 Å². The fraction of sp³-hybridized carbons (Fsp3) is 0.714. The third kappa shape index (κ3) is 2.92. The molecular formula is C14H24N4. The number of aromatic nitrogens is 2. The molecule has 4 nitrogen and oxygen atoms in total. The van der Waals surface area contributed by atoms with E-state index < -0.39 is 0 Å². The highest BCUT2D eigenvalue weighted by Gasteiger charge is 2.23. The standard InChI is InChI=1S/C14H24N4/c1-10-6-5-7-12(8-10)18(4)14-9-13(15-3)16-11(2)17-14/h9-10,12H,5-8H2,1-4H3,(H,15,16,17). The second kappa shape index (κ2) is 5.55. The second-order valence-electron chi connectivity index (χ2n) is 5.45. The summed E-state index contributed by atoms with van der Waals surface area (Å²) in [5.74, 6) is 3.59. The Hall–Kier alpha value is -1.32. The first-order valence-corrected chi connectivity index (χ1v) is 6.86. The van der Waals surface area contributed by atoms with E-state index in [0.717, 1.165) is 23.4 Å². The molecule has 1 aliphatic carbocycles. The van der Waals surface area contributed by atoms with Gasteiger partial charge in [0.25, 0.3) is 0 Å². The molecule has 0 spiro atoms. The highest BCUT2D eigenvalue weighted by Crippen LogP contribution is 2.29. The van der Waals surface area contributed by atoms with Gasteiger partial charge in [0.15, 0.2) is 0 Å². The zero-order valence-corrected chi connectivity index (χ0v) is 11.9. The molecule has 0 saturated heterocycles. The minimum atomic E-state index is 0.618. The fourth-order valence-corrected chi connectivity index (χ4v) is 2.80. The van der Waals surface area contributed by atoms with E-state index in [2.05, 4.69) is 34.2 Å². The lowest BCUT2D eigenvalue weighted by Gasteiger charge is -2.35. The predicted molar refractivity (Wildman–Crippen MR) is 76.1 cm³/mol. The van der Waals surface area contributed by atoms with Gasteiger partial charge in [0.05, 0.1) is 0 Å². The van der Waals surface area contributed by atoms with Gasteiger partial charge in [0.1, 0.15) is 17.5 Å². The number of nitrogens with zero attached hydrogens (tertiary/aromatic N) is 3. The average molecular weight is 248 g/mol. The van der Waals surface area contributed by atoms with Crippen LogP contribution in [-0.2, 0) is 0 Å². The van der Waals surface area contributed by atoms with Crippen LogP contribution >= 0.6 is 0 Å². The van der Waals surface area contributed by atoms with Gasteiger partial charge in [-0.25, -0.2) is 9.97 Å². The summed E-state index contributed by atoms with van der Waals surface area (Å²) in [6.07, 6.45) is 5.25. The maximum Gasteiger partial charge on any atom is 0.134 e. The molecule has 18 heavy (non-hydrogen) atoms. The number of nitrogens with one attached hydrogen (secondary N) is 1. The van der Waals surface area contributed by atoms with Crippen LogP contribution in [0.3, 0.4) is 0 Å². The molecule has 1 aromatic rings. The maximum absolute atomic E-state index is 4.56. The molecule has 0 bridgehead atoms. The van der Waals surface area contributed by atoms with Gasteiger partial charge in [-0.2, -0.15) is 0 Å². The van der Waals surface area contributed by atoms with Gasteiger partial charge >= 0.3 is 0 Å². The molecule has 0 radical (unpaired) electrons. The van der Waals surface area contributed by atoms with Crippen LogP contribution in [0.1, 0.15) is 38.4 Å².